The van der Waals surface area contributed by atoms with Gasteiger partial charge in [0.05, 0.1) is 12.1 Å². The molecule has 0 atom stereocenters. The number of rotatable bonds is 7. The van der Waals surface area contributed by atoms with E-state index in [4.69, 9.17) is 21.1 Å². The summed E-state index contributed by atoms with van der Waals surface area (Å²) in [7, 11) is 1.59. The van der Waals surface area contributed by atoms with Gasteiger partial charge in [-0.25, -0.2) is 0 Å². The van der Waals surface area contributed by atoms with Crippen molar-refractivity contribution in [1.82, 2.24) is 4.90 Å². The van der Waals surface area contributed by atoms with E-state index in [2.05, 4.69) is 44.7 Å². The zero-order valence-electron chi connectivity index (χ0n) is 26.2. The van der Waals surface area contributed by atoms with Gasteiger partial charge in [0.25, 0.3) is 0 Å². The number of hydrogen-bond acceptors (Lipinski definition) is 5. The van der Waals surface area contributed by atoms with Gasteiger partial charge in [0.1, 0.15) is 6.61 Å². The normalized spacial score (nSPS) is 19.5. The smallest absolute Gasteiger partial charge is 0.180 e. The third kappa shape index (κ3) is 5.82. The maximum Gasteiger partial charge on any atom is 0.180 e. The topological polar surface area (TPSA) is 55.8 Å². The number of ketones is 2. The van der Waals surface area contributed by atoms with E-state index in [1.165, 1.54) is 0 Å². The van der Waals surface area contributed by atoms with Gasteiger partial charge >= 0.3 is 0 Å². The molecule has 1 aliphatic heterocycles. The Morgan fingerprint density at radius 2 is 1.30 bits per heavy atom. The van der Waals surface area contributed by atoms with Crippen LogP contribution in [0.1, 0.15) is 76.0 Å². The van der Waals surface area contributed by atoms with Crippen molar-refractivity contribution in [2.24, 2.45) is 10.8 Å². The molecule has 0 bridgehead atoms. The van der Waals surface area contributed by atoms with Crippen LogP contribution in [0.2, 0.25) is 5.02 Å². The van der Waals surface area contributed by atoms with Crippen LogP contribution in [0.4, 0.5) is 0 Å². The molecule has 1 heterocycles. The zero-order valence-corrected chi connectivity index (χ0v) is 27.0. The second-order valence-corrected chi connectivity index (χ2v) is 14.3. The van der Waals surface area contributed by atoms with Gasteiger partial charge in [-0.15, -0.1) is 0 Å². The maximum atomic E-state index is 14.2. The van der Waals surface area contributed by atoms with Crippen LogP contribution in [-0.2, 0) is 22.7 Å². The van der Waals surface area contributed by atoms with Crippen LogP contribution < -0.4 is 9.47 Å². The lowest BCUT2D eigenvalue weighted by Crippen LogP contribution is -2.44. The van der Waals surface area contributed by atoms with Gasteiger partial charge in [0.2, 0.25) is 0 Å². The number of allylic oxidation sites excluding steroid dienone is 4. The first-order chi connectivity index (χ1) is 21.0. The summed E-state index contributed by atoms with van der Waals surface area (Å²) in [5, 5.41) is 0.387. The van der Waals surface area contributed by atoms with Crippen LogP contribution in [0, 0.1) is 10.8 Å². The van der Waals surface area contributed by atoms with Crippen LogP contribution in [0.15, 0.2) is 95.3 Å². The fourth-order valence-corrected chi connectivity index (χ4v) is 7.39. The largest absolute Gasteiger partial charge is 0.493 e. The number of halogens is 1. The molecule has 228 valence electrons. The minimum Gasteiger partial charge on any atom is -0.493 e. The molecule has 3 aromatic carbocycles. The number of nitrogens with zero attached hydrogens (tertiary/aromatic N) is 1. The Kier molecular flexibility index (Phi) is 7.96. The van der Waals surface area contributed by atoms with Crippen molar-refractivity contribution in [3.63, 3.8) is 0 Å². The summed E-state index contributed by atoms with van der Waals surface area (Å²) in [4.78, 5) is 30.7. The summed E-state index contributed by atoms with van der Waals surface area (Å²) in [6.07, 6.45) is 2.33. The average Bonchev–Trinajstić information content (AvgIpc) is 2.96. The molecule has 3 aliphatic rings. The van der Waals surface area contributed by atoms with Crippen LogP contribution >= 0.6 is 11.6 Å². The lowest BCUT2D eigenvalue weighted by atomic mass is 9.63. The predicted molar refractivity (Wildman–Crippen MR) is 174 cm³/mol. The molecule has 2 aliphatic carbocycles. The molecule has 0 radical (unpaired) electrons. The summed E-state index contributed by atoms with van der Waals surface area (Å²) >= 11 is 6.93. The highest BCUT2D eigenvalue weighted by atomic mass is 35.5. The molecule has 5 nitrogen and oxygen atoms in total. The standard InChI is InChI=1S/C38H40ClNO4/c1-37(2)18-28-34(30(41)20-37)33(26-16-27(39)36(32(17-26)43-5)44-23-25-14-10-7-11-15-25)35-29(19-38(3,4)21-31(35)42)40(28)22-24-12-8-6-9-13-24/h6-17,33H,18-23H2,1-5H3. The molecule has 0 fully saturated rings. The van der Waals surface area contributed by atoms with E-state index in [9.17, 15) is 9.59 Å². The number of carbonyl (C=O) groups excluding carboxylic acids is 2. The number of ether oxygens (including phenoxy) is 2. The van der Waals surface area contributed by atoms with Crippen LogP contribution in [0.3, 0.4) is 0 Å². The first-order valence-electron chi connectivity index (χ1n) is 15.3. The number of Topliss-reactive ketones (excluding diaryl/α,β-unsaturated/α-hetero) is 2. The minimum absolute atomic E-state index is 0.0861. The van der Waals surface area contributed by atoms with E-state index in [0.29, 0.717) is 53.7 Å². The SMILES string of the molecule is COc1cc(C2C3=C(CC(C)(C)CC3=O)N(Cc3ccccc3)C3=C2C(=O)CC(C)(C)C3)cc(Cl)c1OCc1ccccc1. The molecule has 6 rings (SSSR count). The van der Waals surface area contributed by atoms with E-state index in [1.807, 2.05) is 60.7 Å². The lowest BCUT2D eigenvalue weighted by molar-refractivity contribution is -0.119. The number of methoxy groups -OCH3 is 1. The molecule has 0 N–H and O–H groups in total. The van der Waals surface area contributed by atoms with Gasteiger partial charge in [-0.1, -0.05) is 100.0 Å². The molecular weight excluding hydrogens is 570 g/mol. The van der Waals surface area contributed by atoms with Crippen LogP contribution in [0.5, 0.6) is 11.5 Å². The van der Waals surface area contributed by atoms with Gasteiger partial charge in [-0.2, -0.15) is 0 Å². The lowest BCUT2D eigenvalue weighted by Gasteiger charge is -2.49. The summed E-state index contributed by atoms with van der Waals surface area (Å²) in [5.41, 5.74) is 5.98. The average molecular weight is 610 g/mol. The van der Waals surface area contributed by atoms with Crippen LogP contribution in [-0.4, -0.2) is 23.6 Å². The van der Waals surface area contributed by atoms with Crippen molar-refractivity contribution in [1.29, 1.82) is 0 Å². The van der Waals surface area contributed by atoms with Crippen molar-refractivity contribution in [2.45, 2.75) is 72.4 Å². The van der Waals surface area contributed by atoms with Crippen molar-refractivity contribution in [3.8, 4) is 11.5 Å². The molecule has 0 saturated heterocycles. The van der Waals surface area contributed by atoms with E-state index < -0.39 is 5.92 Å². The van der Waals surface area contributed by atoms with E-state index in [0.717, 1.165) is 40.9 Å². The molecule has 0 spiro atoms. The highest BCUT2D eigenvalue weighted by Gasteiger charge is 2.49. The summed E-state index contributed by atoms with van der Waals surface area (Å²) < 4.78 is 12.0. The monoisotopic (exact) mass is 609 g/mol. The van der Waals surface area contributed by atoms with Gasteiger partial charge in [0, 0.05) is 47.8 Å². The highest BCUT2D eigenvalue weighted by Crippen LogP contribution is 2.55. The quantitative estimate of drug-likeness (QED) is 0.268. The highest BCUT2D eigenvalue weighted by molar-refractivity contribution is 6.32. The molecule has 0 saturated carbocycles. The molecular formula is C38H40ClNO4. The van der Waals surface area contributed by atoms with Crippen molar-refractivity contribution >= 4 is 23.2 Å². The summed E-state index contributed by atoms with van der Waals surface area (Å²) in [6, 6.07) is 23.9. The van der Waals surface area contributed by atoms with Crippen molar-refractivity contribution < 1.29 is 19.1 Å². The van der Waals surface area contributed by atoms with E-state index in [-0.39, 0.29) is 22.4 Å². The molecule has 0 unspecified atom stereocenters. The third-order valence-electron chi connectivity index (χ3n) is 9.02. The Balaban J connectivity index is 1.51. The van der Waals surface area contributed by atoms with Gasteiger partial charge in [0.15, 0.2) is 23.1 Å². The van der Waals surface area contributed by atoms with Gasteiger partial charge < -0.3 is 14.4 Å². The minimum atomic E-state index is -0.520. The Labute approximate surface area is 265 Å². The number of hydrogen-bond donors (Lipinski definition) is 0. The van der Waals surface area contributed by atoms with E-state index in [1.54, 1.807) is 7.11 Å². The summed E-state index contributed by atoms with van der Waals surface area (Å²) in [6.45, 7) is 9.56. The van der Waals surface area contributed by atoms with E-state index >= 15 is 0 Å². The molecule has 44 heavy (non-hydrogen) atoms. The van der Waals surface area contributed by atoms with Crippen LogP contribution in [0.25, 0.3) is 0 Å². The molecule has 0 aromatic heterocycles. The van der Waals surface area contributed by atoms with Crippen molar-refractivity contribution in [2.75, 3.05) is 7.11 Å². The fraction of sp³-hybridized carbons (Fsp3) is 0.368. The zero-order chi connectivity index (χ0) is 31.2. The Bertz CT molecular complexity index is 1620. The molecule has 0 amide bonds. The maximum absolute atomic E-state index is 14.2. The second-order valence-electron chi connectivity index (χ2n) is 13.9. The number of carbonyl (C=O) groups is 2. The third-order valence-corrected chi connectivity index (χ3v) is 9.30. The second kappa shape index (κ2) is 11.6. The predicted octanol–water partition coefficient (Wildman–Crippen LogP) is 8.81. The van der Waals surface area contributed by atoms with Gasteiger partial charge in [-0.05, 0) is 52.5 Å². The number of benzene rings is 3. The molecule has 3 aromatic rings. The van der Waals surface area contributed by atoms with Crippen molar-refractivity contribution in [3.05, 3.63) is 117 Å². The Morgan fingerprint density at radius 3 is 1.82 bits per heavy atom. The fourth-order valence-electron chi connectivity index (χ4n) is 7.11. The first-order valence-corrected chi connectivity index (χ1v) is 15.7. The Hall–Kier alpha value is -3.83. The molecule has 6 heteroatoms. The summed E-state index contributed by atoms with van der Waals surface area (Å²) in [5.74, 6) is 0.574. The van der Waals surface area contributed by atoms with Gasteiger partial charge in [-0.3, -0.25) is 9.59 Å². The Morgan fingerprint density at radius 1 is 0.773 bits per heavy atom. The first kappa shape index (κ1) is 30.2.